The summed E-state index contributed by atoms with van der Waals surface area (Å²) in [5, 5.41) is 3.42. The molecule has 1 saturated heterocycles. The van der Waals surface area contributed by atoms with Gasteiger partial charge in [-0.1, -0.05) is 29.8 Å². The Hall–Kier alpha value is -1.50. The van der Waals surface area contributed by atoms with Crippen LogP contribution in [0.2, 0.25) is 5.02 Å². The van der Waals surface area contributed by atoms with E-state index >= 15 is 0 Å². The summed E-state index contributed by atoms with van der Waals surface area (Å²) in [6.45, 7) is 13.7. The quantitative estimate of drug-likeness (QED) is 0.741. The van der Waals surface area contributed by atoms with E-state index in [2.05, 4.69) is 5.32 Å². The van der Waals surface area contributed by atoms with Gasteiger partial charge in [0.05, 0.1) is 11.2 Å². The summed E-state index contributed by atoms with van der Waals surface area (Å²) in [7, 11) is -0.580. The average molecular weight is 394 g/mol. The molecule has 1 fully saturated rings. The predicted octanol–water partition coefficient (Wildman–Crippen LogP) is 4.88. The van der Waals surface area contributed by atoms with Crippen molar-refractivity contribution in [2.75, 3.05) is 6.54 Å². The number of amides is 1. The fourth-order valence-electron chi connectivity index (χ4n) is 2.50. The van der Waals surface area contributed by atoms with Gasteiger partial charge in [0.15, 0.2) is 0 Å². The molecule has 2 rings (SSSR count). The topological polar surface area (TPSA) is 56.8 Å². The minimum Gasteiger partial charge on any atom is -0.444 e. The van der Waals surface area contributed by atoms with Crippen LogP contribution in [0.3, 0.4) is 0 Å². The van der Waals surface area contributed by atoms with E-state index in [9.17, 15) is 4.79 Å². The highest BCUT2D eigenvalue weighted by molar-refractivity contribution is 6.56. The van der Waals surface area contributed by atoms with Crippen LogP contribution in [0.5, 0.6) is 0 Å². The Morgan fingerprint density at radius 3 is 2.33 bits per heavy atom. The lowest BCUT2D eigenvalue weighted by Crippen LogP contribution is -2.41. The number of carbonyl (C=O) groups excluding carboxylic acids is 1. The largest absolute Gasteiger partial charge is 0.492 e. The van der Waals surface area contributed by atoms with E-state index in [0.717, 1.165) is 11.0 Å². The van der Waals surface area contributed by atoms with Crippen molar-refractivity contribution < 1.29 is 18.8 Å². The Morgan fingerprint density at radius 2 is 1.81 bits per heavy atom. The van der Waals surface area contributed by atoms with Gasteiger partial charge >= 0.3 is 13.2 Å². The molecule has 1 heterocycles. The summed E-state index contributed by atoms with van der Waals surface area (Å²) in [5.74, 6) is 0. The number of rotatable bonds is 4. The van der Waals surface area contributed by atoms with Crippen LogP contribution in [0.25, 0.3) is 6.08 Å². The molecule has 0 atom stereocenters. The molecule has 148 valence electrons. The summed E-state index contributed by atoms with van der Waals surface area (Å²) in [5.41, 5.74) is 0.166. The van der Waals surface area contributed by atoms with Crippen LogP contribution < -0.4 is 5.32 Å². The summed E-state index contributed by atoms with van der Waals surface area (Å²) in [4.78, 5) is 12.1. The van der Waals surface area contributed by atoms with E-state index < -0.39 is 30.0 Å². The van der Waals surface area contributed by atoms with Gasteiger partial charge in [-0.3, -0.25) is 0 Å². The summed E-state index contributed by atoms with van der Waals surface area (Å²) in [6.07, 6.45) is 1.43. The third kappa shape index (κ3) is 5.99. The molecule has 0 unspecified atom stereocenters. The van der Waals surface area contributed by atoms with Gasteiger partial charge in [0.1, 0.15) is 5.60 Å². The average Bonchev–Trinajstić information content (AvgIpc) is 2.70. The smallest absolute Gasteiger partial charge is 0.444 e. The second-order valence-electron chi connectivity index (χ2n) is 8.72. The van der Waals surface area contributed by atoms with Gasteiger partial charge in [0.2, 0.25) is 0 Å². The number of carbonyl (C=O) groups is 1. The van der Waals surface area contributed by atoms with Gasteiger partial charge in [-0.25, -0.2) is 4.79 Å². The SMILES string of the molecule is CC(C)(C)OC(=O)NCC(=Cc1cccc(Cl)c1)B1OC(C)(C)C(C)(C)O1. The van der Waals surface area contributed by atoms with Gasteiger partial charge in [-0.2, -0.15) is 0 Å². The summed E-state index contributed by atoms with van der Waals surface area (Å²) >= 11 is 6.10. The molecule has 0 aromatic heterocycles. The van der Waals surface area contributed by atoms with Crippen molar-refractivity contribution in [3.8, 4) is 0 Å². The lowest BCUT2D eigenvalue weighted by molar-refractivity contribution is 0.00578. The third-order valence-corrected chi connectivity index (χ3v) is 4.83. The van der Waals surface area contributed by atoms with Gasteiger partial charge < -0.3 is 19.4 Å². The highest BCUT2D eigenvalue weighted by Gasteiger charge is 2.52. The molecule has 0 bridgehead atoms. The highest BCUT2D eigenvalue weighted by Crippen LogP contribution is 2.38. The van der Waals surface area contributed by atoms with Crippen LogP contribution in [0.1, 0.15) is 54.0 Å². The molecule has 1 N–H and O–H groups in total. The zero-order valence-corrected chi connectivity index (χ0v) is 17.9. The van der Waals surface area contributed by atoms with E-state index in [1.54, 1.807) is 0 Å². The number of benzene rings is 1. The Balaban J connectivity index is 2.23. The van der Waals surface area contributed by atoms with Crippen LogP contribution >= 0.6 is 11.6 Å². The lowest BCUT2D eigenvalue weighted by atomic mass is 9.77. The molecule has 1 aliphatic heterocycles. The Morgan fingerprint density at radius 1 is 1.22 bits per heavy atom. The van der Waals surface area contributed by atoms with Gasteiger partial charge in [0.25, 0.3) is 0 Å². The van der Waals surface area contributed by atoms with Gasteiger partial charge in [-0.05, 0) is 71.6 Å². The van der Waals surface area contributed by atoms with E-state index in [-0.39, 0.29) is 6.54 Å². The second kappa shape index (κ2) is 7.86. The number of hydrogen-bond acceptors (Lipinski definition) is 4. The standard InChI is InChI=1S/C20H29BClNO4/c1-18(2,3)25-17(24)23-13-15(11-14-9-8-10-16(22)12-14)21-26-19(4,5)20(6,7)27-21/h8-12H,13H2,1-7H3,(H,23,24). The fourth-order valence-corrected chi connectivity index (χ4v) is 2.69. The Labute approximate surface area is 167 Å². The third-order valence-electron chi connectivity index (χ3n) is 4.59. The van der Waals surface area contributed by atoms with Crippen LogP contribution in [0.15, 0.2) is 29.7 Å². The first-order chi connectivity index (χ1) is 12.3. The first-order valence-corrected chi connectivity index (χ1v) is 9.45. The van der Waals surface area contributed by atoms with Gasteiger partial charge in [-0.15, -0.1) is 0 Å². The number of ether oxygens (including phenoxy) is 1. The summed E-state index contributed by atoms with van der Waals surface area (Å²) < 4.78 is 17.6. The van der Waals surface area contributed by atoms with Crippen LogP contribution in [-0.4, -0.2) is 36.6 Å². The zero-order chi connectivity index (χ0) is 20.5. The molecule has 1 aliphatic rings. The minimum absolute atomic E-state index is 0.234. The number of halogens is 1. The Kier molecular flexibility index (Phi) is 6.35. The second-order valence-corrected chi connectivity index (χ2v) is 9.15. The maximum Gasteiger partial charge on any atom is 0.492 e. The molecule has 5 nitrogen and oxygen atoms in total. The molecule has 1 aromatic rings. The van der Waals surface area contributed by atoms with E-state index in [1.807, 2.05) is 78.8 Å². The first kappa shape index (κ1) is 21.8. The van der Waals surface area contributed by atoms with E-state index in [4.69, 9.17) is 25.6 Å². The highest BCUT2D eigenvalue weighted by atomic mass is 35.5. The van der Waals surface area contributed by atoms with Crippen molar-refractivity contribution in [3.63, 3.8) is 0 Å². The molecular formula is C20H29BClNO4. The van der Waals surface area contributed by atoms with Crippen molar-refractivity contribution in [2.45, 2.75) is 65.3 Å². The molecular weight excluding hydrogens is 364 g/mol. The van der Waals surface area contributed by atoms with Crippen LogP contribution in [0.4, 0.5) is 4.79 Å². The van der Waals surface area contributed by atoms with E-state index in [0.29, 0.717) is 5.02 Å². The number of alkyl carbamates (subject to hydrolysis) is 1. The van der Waals surface area contributed by atoms with Crippen molar-refractivity contribution in [1.82, 2.24) is 5.32 Å². The maximum atomic E-state index is 12.1. The fraction of sp³-hybridized carbons (Fsp3) is 0.550. The molecule has 0 saturated carbocycles. The maximum absolute atomic E-state index is 12.1. The Bertz CT molecular complexity index is 709. The van der Waals surface area contributed by atoms with Crippen LogP contribution in [-0.2, 0) is 14.0 Å². The normalized spacial score (nSPS) is 19.1. The molecule has 1 amide bonds. The molecule has 27 heavy (non-hydrogen) atoms. The molecule has 1 aromatic carbocycles. The zero-order valence-electron chi connectivity index (χ0n) is 17.2. The molecule has 0 spiro atoms. The van der Waals surface area contributed by atoms with E-state index in [1.165, 1.54) is 0 Å². The van der Waals surface area contributed by atoms with Gasteiger partial charge in [0, 0.05) is 11.6 Å². The predicted molar refractivity (Wildman–Crippen MR) is 110 cm³/mol. The number of hydrogen-bond donors (Lipinski definition) is 1. The molecule has 7 heteroatoms. The minimum atomic E-state index is -0.580. The molecule has 0 radical (unpaired) electrons. The van der Waals surface area contributed by atoms with Crippen molar-refractivity contribution in [2.24, 2.45) is 0 Å². The van der Waals surface area contributed by atoms with Crippen LogP contribution in [0, 0.1) is 0 Å². The summed E-state index contributed by atoms with van der Waals surface area (Å²) in [6, 6.07) is 7.47. The number of nitrogens with one attached hydrogen (secondary N) is 1. The first-order valence-electron chi connectivity index (χ1n) is 9.08. The van der Waals surface area contributed by atoms with Crippen molar-refractivity contribution >= 4 is 30.9 Å². The molecule has 0 aliphatic carbocycles. The lowest BCUT2D eigenvalue weighted by Gasteiger charge is -2.32. The van der Waals surface area contributed by atoms with Crippen molar-refractivity contribution in [1.29, 1.82) is 0 Å². The monoisotopic (exact) mass is 393 g/mol. The van der Waals surface area contributed by atoms with Crippen molar-refractivity contribution in [3.05, 3.63) is 40.3 Å².